The third kappa shape index (κ3) is 4.97. The fraction of sp³-hybridized carbons (Fsp3) is 0. The molecule has 0 saturated heterocycles. The van der Waals surface area contributed by atoms with Crippen LogP contribution in [-0.2, 0) is 0 Å². The molecule has 0 aliphatic carbocycles. The number of rotatable bonds is 6. The molecule has 0 N–H and O–H groups in total. The summed E-state index contributed by atoms with van der Waals surface area (Å²) >= 11 is 0. The fourth-order valence-corrected chi connectivity index (χ4v) is 12.2. The van der Waals surface area contributed by atoms with Gasteiger partial charge >= 0.3 is 0 Å². The van der Waals surface area contributed by atoms with Gasteiger partial charge in [-0.05, 0) is 92.5 Å². The van der Waals surface area contributed by atoms with Crippen LogP contribution in [0.2, 0.25) is 0 Å². The van der Waals surface area contributed by atoms with E-state index in [4.69, 9.17) is 0 Å². The third-order valence-corrected chi connectivity index (χ3v) is 14.4. The van der Waals surface area contributed by atoms with Gasteiger partial charge in [0.15, 0.2) is 8.07 Å². The zero-order chi connectivity index (χ0) is 34.1. The lowest BCUT2D eigenvalue weighted by Gasteiger charge is -2.34. The van der Waals surface area contributed by atoms with E-state index < -0.39 is 8.07 Å². The maximum Gasteiger partial charge on any atom is 0.179 e. The first-order valence-electron chi connectivity index (χ1n) is 16.4. The lowest BCUT2D eigenvalue weighted by molar-refractivity contribution is 1.18. The van der Waals surface area contributed by atoms with E-state index in [0.29, 0.717) is 16.7 Å². The van der Waals surface area contributed by atoms with Gasteiger partial charge in [0, 0.05) is 16.5 Å². The second-order valence-electron chi connectivity index (χ2n) is 12.3. The number of nitriles is 3. The van der Waals surface area contributed by atoms with Crippen LogP contribution >= 0.6 is 0 Å². The fourth-order valence-electron chi connectivity index (χ4n) is 7.38. The molecule has 1 heterocycles. The highest BCUT2D eigenvalue weighted by Gasteiger charge is 2.41. The van der Waals surface area contributed by atoms with Crippen molar-refractivity contribution in [3.05, 3.63) is 187 Å². The molecule has 7 aromatic carbocycles. The van der Waals surface area contributed by atoms with Gasteiger partial charge in [-0.15, -0.1) is 0 Å². The minimum absolute atomic E-state index is 0.573. The Morgan fingerprint density at radius 1 is 0.380 bits per heavy atom. The Morgan fingerprint density at radius 2 is 0.840 bits per heavy atom. The van der Waals surface area contributed by atoms with Gasteiger partial charge in [-0.25, -0.2) is 0 Å². The molecular formula is C45H28N4Si. The molecule has 5 heteroatoms. The largest absolute Gasteiger partial charge is 0.309 e. The first-order valence-corrected chi connectivity index (χ1v) is 18.4. The van der Waals surface area contributed by atoms with Crippen LogP contribution in [0.4, 0.5) is 0 Å². The predicted octanol–water partition coefficient (Wildman–Crippen LogP) is 7.44. The number of nitrogens with zero attached hydrogens (tertiary/aromatic N) is 4. The van der Waals surface area contributed by atoms with Crippen molar-refractivity contribution in [2.75, 3.05) is 0 Å². The molecule has 0 fully saturated rings. The molecule has 0 atom stereocenters. The van der Waals surface area contributed by atoms with Gasteiger partial charge in [0.1, 0.15) is 0 Å². The molecule has 4 nitrogen and oxygen atoms in total. The first kappa shape index (κ1) is 30.4. The topological polar surface area (TPSA) is 76.3 Å². The lowest BCUT2D eigenvalue weighted by Crippen LogP contribution is -2.74. The van der Waals surface area contributed by atoms with E-state index in [2.05, 4.69) is 150 Å². The maximum atomic E-state index is 10.4. The summed E-state index contributed by atoms with van der Waals surface area (Å²) in [5.74, 6) is 0. The zero-order valence-corrected chi connectivity index (χ0v) is 28.0. The van der Waals surface area contributed by atoms with Crippen molar-refractivity contribution >= 4 is 50.6 Å². The summed E-state index contributed by atoms with van der Waals surface area (Å²) in [6, 6.07) is 65.2. The molecule has 0 radical (unpaired) electrons. The number of fused-ring (bicyclic) bond motifs is 3. The van der Waals surface area contributed by atoms with Crippen molar-refractivity contribution in [1.29, 1.82) is 15.8 Å². The third-order valence-electron chi connectivity index (χ3n) is 9.60. The van der Waals surface area contributed by atoms with E-state index in [0.717, 1.165) is 43.8 Å². The van der Waals surface area contributed by atoms with Gasteiger partial charge in [0.2, 0.25) is 0 Å². The lowest BCUT2D eigenvalue weighted by atomic mass is 10.0. The zero-order valence-electron chi connectivity index (χ0n) is 27.0. The van der Waals surface area contributed by atoms with Gasteiger partial charge in [0.05, 0.1) is 45.9 Å². The maximum absolute atomic E-state index is 10.4. The number of aromatic nitrogens is 1. The van der Waals surface area contributed by atoms with Crippen LogP contribution in [0.25, 0.3) is 38.6 Å². The number of hydrogen-bond acceptors (Lipinski definition) is 3. The Labute approximate surface area is 291 Å². The summed E-state index contributed by atoms with van der Waals surface area (Å²) < 4.78 is 2.17. The molecule has 0 spiro atoms. The van der Waals surface area contributed by atoms with Crippen LogP contribution in [0.15, 0.2) is 170 Å². The molecule has 0 saturated carbocycles. The van der Waals surface area contributed by atoms with Gasteiger partial charge in [-0.2, -0.15) is 15.8 Å². The second kappa shape index (κ2) is 12.6. The molecule has 0 aliphatic heterocycles. The standard InChI is InChI=1S/C45H28N4Si/c46-29-32-16-22-44-42(26-32)43-27-33(30-47)17-23-45(43)49(44)37-20-18-35(19-21-37)36-24-34(31-48)25-41(28-36)50(38-10-4-1-5-11-38,39-12-6-2-7-13-39)40-14-8-3-9-15-40/h1-28H. The monoisotopic (exact) mass is 652 g/mol. The predicted molar refractivity (Wildman–Crippen MR) is 204 cm³/mol. The summed E-state index contributed by atoms with van der Waals surface area (Å²) in [6.45, 7) is 0. The normalized spacial score (nSPS) is 11.1. The number of hydrogen-bond donors (Lipinski definition) is 0. The van der Waals surface area contributed by atoms with E-state index in [1.54, 1.807) is 0 Å². The summed E-state index contributed by atoms with van der Waals surface area (Å²) in [5.41, 5.74) is 6.62. The summed E-state index contributed by atoms with van der Waals surface area (Å²) in [5, 5.41) is 36.3. The molecule has 232 valence electrons. The quantitative estimate of drug-likeness (QED) is 0.138. The smallest absolute Gasteiger partial charge is 0.179 e. The highest BCUT2D eigenvalue weighted by atomic mass is 28.3. The van der Waals surface area contributed by atoms with Crippen LogP contribution in [0, 0.1) is 34.0 Å². The Bertz CT molecular complexity index is 2490. The summed E-state index contributed by atoms with van der Waals surface area (Å²) in [6.07, 6.45) is 0. The molecule has 8 rings (SSSR count). The van der Waals surface area contributed by atoms with Crippen molar-refractivity contribution in [3.63, 3.8) is 0 Å². The van der Waals surface area contributed by atoms with Crippen LogP contribution in [0.3, 0.4) is 0 Å². The highest BCUT2D eigenvalue weighted by molar-refractivity contribution is 7.19. The Kier molecular flexibility index (Phi) is 7.63. The second-order valence-corrected chi connectivity index (χ2v) is 16.1. The van der Waals surface area contributed by atoms with E-state index in [9.17, 15) is 15.8 Å². The van der Waals surface area contributed by atoms with Gasteiger partial charge in [-0.3, -0.25) is 0 Å². The van der Waals surface area contributed by atoms with Crippen molar-refractivity contribution in [2.24, 2.45) is 0 Å². The van der Waals surface area contributed by atoms with Crippen molar-refractivity contribution in [3.8, 4) is 35.0 Å². The molecule has 0 aliphatic rings. The van der Waals surface area contributed by atoms with Gasteiger partial charge in [0.25, 0.3) is 0 Å². The van der Waals surface area contributed by atoms with Crippen molar-refractivity contribution < 1.29 is 0 Å². The Hall–Kier alpha value is -6.97. The van der Waals surface area contributed by atoms with Gasteiger partial charge in [-0.1, -0.05) is 109 Å². The van der Waals surface area contributed by atoms with E-state index in [1.807, 2.05) is 42.5 Å². The average Bonchev–Trinajstić information content (AvgIpc) is 3.52. The highest BCUT2D eigenvalue weighted by Crippen LogP contribution is 2.34. The molecular weight excluding hydrogens is 625 g/mol. The molecule has 0 amide bonds. The van der Waals surface area contributed by atoms with Crippen LogP contribution in [-0.4, -0.2) is 12.6 Å². The average molecular weight is 653 g/mol. The SMILES string of the molecule is N#Cc1cc(-c2ccc(-n3c4ccc(C#N)cc4c4cc(C#N)ccc43)cc2)cc([Si](c2ccccc2)(c2ccccc2)c2ccccc2)c1. The van der Waals surface area contributed by atoms with Crippen molar-refractivity contribution in [1.82, 2.24) is 4.57 Å². The van der Waals surface area contributed by atoms with Crippen molar-refractivity contribution in [2.45, 2.75) is 0 Å². The van der Waals surface area contributed by atoms with E-state index >= 15 is 0 Å². The molecule has 8 aromatic rings. The van der Waals surface area contributed by atoms with Crippen LogP contribution in [0.5, 0.6) is 0 Å². The first-order chi connectivity index (χ1) is 24.6. The van der Waals surface area contributed by atoms with Crippen LogP contribution in [0.1, 0.15) is 16.7 Å². The summed E-state index contributed by atoms with van der Waals surface area (Å²) in [7, 11) is -2.84. The molecule has 0 bridgehead atoms. The number of benzene rings is 7. The molecule has 0 unspecified atom stereocenters. The minimum Gasteiger partial charge on any atom is -0.309 e. The van der Waals surface area contributed by atoms with E-state index in [-0.39, 0.29) is 0 Å². The molecule has 1 aromatic heterocycles. The Balaban J connectivity index is 1.32. The molecule has 50 heavy (non-hydrogen) atoms. The van der Waals surface area contributed by atoms with E-state index in [1.165, 1.54) is 15.6 Å². The summed E-state index contributed by atoms with van der Waals surface area (Å²) in [4.78, 5) is 0. The minimum atomic E-state index is -2.84. The Morgan fingerprint density at radius 3 is 1.28 bits per heavy atom. The van der Waals surface area contributed by atoms with Gasteiger partial charge < -0.3 is 4.57 Å². The van der Waals surface area contributed by atoms with Crippen LogP contribution < -0.4 is 20.7 Å².